The third kappa shape index (κ3) is 3.81. The summed E-state index contributed by atoms with van der Waals surface area (Å²) in [6.45, 7) is -0.230. The molecule has 6 heteroatoms. The van der Waals surface area contributed by atoms with Gasteiger partial charge in [0.2, 0.25) is 17.7 Å². The number of primary amides is 1. The quantitative estimate of drug-likeness (QED) is 0.723. The van der Waals surface area contributed by atoms with Gasteiger partial charge >= 0.3 is 0 Å². The van der Waals surface area contributed by atoms with Crippen LogP contribution in [0.2, 0.25) is 0 Å². The van der Waals surface area contributed by atoms with Crippen LogP contribution in [0.15, 0.2) is 0 Å². The van der Waals surface area contributed by atoms with Crippen molar-refractivity contribution >= 4 is 11.8 Å². The van der Waals surface area contributed by atoms with Crippen molar-refractivity contribution in [3.63, 3.8) is 0 Å². The molecule has 15 heavy (non-hydrogen) atoms. The third-order valence-electron chi connectivity index (χ3n) is 2.52. The molecule has 0 saturated heterocycles. The van der Waals surface area contributed by atoms with Gasteiger partial charge in [0.25, 0.3) is 0 Å². The second-order valence-corrected chi connectivity index (χ2v) is 3.81. The number of hydrogen-bond acceptors (Lipinski definition) is 2. The highest BCUT2D eigenvalue weighted by Gasteiger charge is 2.37. The van der Waals surface area contributed by atoms with E-state index in [1.54, 1.807) is 0 Å². The van der Waals surface area contributed by atoms with E-state index in [-0.39, 0.29) is 38.1 Å². The highest BCUT2D eigenvalue weighted by Crippen LogP contribution is 2.35. The number of carbonyl (C=O) groups excluding carboxylic acids is 2. The maximum atomic E-state index is 12.7. The van der Waals surface area contributed by atoms with Crippen LogP contribution in [0, 0.1) is 5.92 Å². The zero-order chi connectivity index (χ0) is 11.5. The molecule has 0 atom stereocenters. The predicted molar refractivity (Wildman–Crippen MR) is 49.1 cm³/mol. The molecular formula is C9H14F2N2O2. The SMILES string of the molecule is NC(=O)CNC(=O)C1CCC(F)(F)CC1. The van der Waals surface area contributed by atoms with Crippen molar-refractivity contribution in [2.45, 2.75) is 31.6 Å². The van der Waals surface area contributed by atoms with E-state index in [4.69, 9.17) is 5.73 Å². The summed E-state index contributed by atoms with van der Waals surface area (Å²) in [5.41, 5.74) is 4.84. The van der Waals surface area contributed by atoms with Crippen LogP contribution in [0.1, 0.15) is 25.7 Å². The number of carbonyl (C=O) groups is 2. The highest BCUT2D eigenvalue weighted by molar-refractivity contribution is 5.84. The zero-order valence-corrected chi connectivity index (χ0v) is 8.26. The second-order valence-electron chi connectivity index (χ2n) is 3.81. The Hall–Kier alpha value is -1.20. The summed E-state index contributed by atoms with van der Waals surface area (Å²) in [6, 6.07) is 0. The summed E-state index contributed by atoms with van der Waals surface area (Å²) in [4.78, 5) is 21.7. The normalized spacial score (nSPS) is 20.9. The van der Waals surface area contributed by atoms with E-state index in [0.717, 1.165) is 0 Å². The molecule has 0 radical (unpaired) electrons. The first kappa shape index (κ1) is 11.9. The van der Waals surface area contributed by atoms with Crippen molar-refractivity contribution in [3.8, 4) is 0 Å². The smallest absolute Gasteiger partial charge is 0.248 e. The molecule has 1 saturated carbocycles. The monoisotopic (exact) mass is 220 g/mol. The highest BCUT2D eigenvalue weighted by atomic mass is 19.3. The molecule has 3 N–H and O–H groups in total. The van der Waals surface area contributed by atoms with Crippen molar-refractivity contribution in [3.05, 3.63) is 0 Å². The standard InChI is InChI=1S/C9H14F2N2O2/c10-9(11)3-1-6(2-4-9)8(15)13-5-7(12)14/h6H,1-5H2,(H2,12,14)(H,13,15). The Bertz CT molecular complexity index is 259. The van der Waals surface area contributed by atoms with E-state index in [1.165, 1.54) is 0 Å². The maximum Gasteiger partial charge on any atom is 0.248 e. The summed E-state index contributed by atoms with van der Waals surface area (Å²) in [6.07, 6.45) is -0.196. The van der Waals surface area contributed by atoms with Crippen LogP contribution < -0.4 is 11.1 Å². The summed E-state index contributed by atoms with van der Waals surface area (Å²) < 4.78 is 25.5. The lowest BCUT2D eigenvalue weighted by Gasteiger charge is -2.27. The minimum atomic E-state index is -2.64. The molecule has 0 bridgehead atoms. The number of amides is 2. The number of alkyl halides is 2. The number of halogens is 2. The van der Waals surface area contributed by atoms with Crippen molar-refractivity contribution in [2.75, 3.05) is 6.54 Å². The minimum Gasteiger partial charge on any atom is -0.368 e. The summed E-state index contributed by atoms with van der Waals surface area (Å²) in [5.74, 6) is -4.04. The fourth-order valence-corrected chi connectivity index (χ4v) is 1.62. The van der Waals surface area contributed by atoms with Crippen molar-refractivity contribution in [2.24, 2.45) is 11.7 Å². The van der Waals surface area contributed by atoms with Gasteiger partial charge in [-0.3, -0.25) is 9.59 Å². The minimum absolute atomic E-state index is 0.164. The van der Waals surface area contributed by atoms with Gasteiger partial charge in [0.15, 0.2) is 0 Å². The van der Waals surface area contributed by atoms with Crippen LogP contribution in [-0.4, -0.2) is 24.3 Å². The number of nitrogens with two attached hydrogens (primary N) is 1. The van der Waals surface area contributed by atoms with Crippen molar-refractivity contribution in [1.82, 2.24) is 5.32 Å². The van der Waals surface area contributed by atoms with Gasteiger partial charge in [-0.15, -0.1) is 0 Å². The Labute approximate surface area is 86.2 Å². The molecule has 1 aliphatic carbocycles. The largest absolute Gasteiger partial charge is 0.368 e. The molecule has 1 rings (SSSR count). The molecule has 1 fully saturated rings. The van der Waals surface area contributed by atoms with Gasteiger partial charge in [-0.2, -0.15) is 0 Å². The lowest BCUT2D eigenvalue weighted by atomic mass is 9.86. The van der Waals surface area contributed by atoms with Gasteiger partial charge in [-0.25, -0.2) is 8.78 Å². The van der Waals surface area contributed by atoms with Crippen LogP contribution in [0.25, 0.3) is 0 Å². The fourth-order valence-electron chi connectivity index (χ4n) is 1.62. The lowest BCUT2D eigenvalue weighted by molar-refractivity contribution is -0.131. The molecule has 0 aromatic carbocycles. The maximum absolute atomic E-state index is 12.7. The van der Waals surface area contributed by atoms with Gasteiger partial charge in [0, 0.05) is 18.8 Å². The first-order chi connectivity index (χ1) is 6.91. The first-order valence-corrected chi connectivity index (χ1v) is 4.84. The Morgan fingerprint density at radius 3 is 2.33 bits per heavy atom. The molecule has 86 valence electrons. The molecule has 0 aromatic rings. The van der Waals surface area contributed by atoms with E-state index >= 15 is 0 Å². The first-order valence-electron chi connectivity index (χ1n) is 4.84. The van der Waals surface area contributed by atoms with E-state index in [0.29, 0.717) is 0 Å². The average Bonchev–Trinajstić information content (AvgIpc) is 2.14. The van der Waals surface area contributed by atoms with Gasteiger partial charge in [-0.1, -0.05) is 0 Å². The molecule has 0 heterocycles. The molecule has 4 nitrogen and oxygen atoms in total. The van der Waals surface area contributed by atoms with Crippen LogP contribution in [0.4, 0.5) is 8.78 Å². The molecule has 2 amide bonds. The van der Waals surface area contributed by atoms with Gasteiger partial charge in [0.1, 0.15) is 0 Å². The summed E-state index contributed by atoms with van der Waals surface area (Å²) in [7, 11) is 0. The number of rotatable bonds is 3. The Kier molecular flexibility index (Phi) is 3.60. The molecule has 0 aliphatic heterocycles. The Morgan fingerprint density at radius 1 is 1.33 bits per heavy atom. The third-order valence-corrected chi connectivity index (χ3v) is 2.52. The van der Waals surface area contributed by atoms with Gasteiger partial charge in [-0.05, 0) is 12.8 Å². The predicted octanol–water partition coefficient (Wildman–Crippen LogP) is 0.413. The number of hydrogen-bond donors (Lipinski definition) is 2. The molecule has 0 spiro atoms. The van der Waals surface area contributed by atoms with E-state index in [9.17, 15) is 18.4 Å². The van der Waals surface area contributed by atoms with Gasteiger partial charge in [0.05, 0.1) is 6.54 Å². The van der Waals surface area contributed by atoms with Crippen molar-refractivity contribution in [1.29, 1.82) is 0 Å². The van der Waals surface area contributed by atoms with E-state index < -0.39 is 17.7 Å². The second kappa shape index (κ2) is 4.55. The summed E-state index contributed by atoms with van der Waals surface area (Å²) in [5, 5.41) is 2.32. The molecule has 0 unspecified atom stereocenters. The molecule has 0 aromatic heterocycles. The van der Waals surface area contributed by atoms with Crippen LogP contribution in [-0.2, 0) is 9.59 Å². The van der Waals surface area contributed by atoms with Crippen LogP contribution in [0.5, 0.6) is 0 Å². The van der Waals surface area contributed by atoms with Crippen molar-refractivity contribution < 1.29 is 18.4 Å². The lowest BCUT2D eigenvalue weighted by Crippen LogP contribution is -2.39. The Balaban J connectivity index is 2.33. The molecule has 1 aliphatic rings. The average molecular weight is 220 g/mol. The number of nitrogens with one attached hydrogen (secondary N) is 1. The van der Waals surface area contributed by atoms with Crippen LogP contribution >= 0.6 is 0 Å². The van der Waals surface area contributed by atoms with Gasteiger partial charge < -0.3 is 11.1 Å². The van der Waals surface area contributed by atoms with E-state index in [2.05, 4.69) is 5.32 Å². The summed E-state index contributed by atoms with van der Waals surface area (Å²) >= 11 is 0. The van der Waals surface area contributed by atoms with Crippen LogP contribution in [0.3, 0.4) is 0 Å². The zero-order valence-electron chi connectivity index (χ0n) is 8.26. The fraction of sp³-hybridized carbons (Fsp3) is 0.778. The topological polar surface area (TPSA) is 72.2 Å². The molecular weight excluding hydrogens is 206 g/mol. The van der Waals surface area contributed by atoms with E-state index in [1.807, 2.05) is 0 Å². The Morgan fingerprint density at radius 2 is 1.87 bits per heavy atom.